The normalized spacial score (nSPS) is 11.5. The van der Waals surface area contributed by atoms with Crippen molar-refractivity contribution >= 4 is 0 Å². The summed E-state index contributed by atoms with van der Waals surface area (Å²) in [7, 11) is 2.19. The molecule has 46 heavy (non-hydrogen) atoms. The molecule has 4 nitrogen and oxygen atoms in total. The molecule has 0 N–H and O–H groups in total. The molecule has 4 rings (SSSR count). The van der Waals surface area contributed by atoms with Crippen LogP contribution in [0.3, 0.4) is 0 Å². The minimum atomic E-state index is 0. The predicted octanol–water partition coefficient (Wildman–Crippen LogP) is 10.8. The molecule has 0 atom stereocenters. The first-order valence-electron chi connectivity index (χ1n) is 17.4. The van der Waals surface area contributed by atoms with E-state index in [1.54, 1.807) is 0 Å². The van der Waals surface area contributed by atoms with Gasteiger partial charge in [-0.3, -0.25) is 4.68 Å². The summed E-state index contributed by atoms with van der Waals surface area (Å²) in [5.74, 6) is 1.12. The van der Waals surface area contributed by atoms with E-state index in [0.29, 0.717) is 23.9 Å². The summed E-state index contributed by atoms with van der Waals surface area (Å²) in [5.41, 5.74) is 17.8. The molecule has 2 heterocycles. The van der Waals surface area contributed by atoms with Gasteiger partial charge < -0.3 is 0 Å². The van der Waals surface area contributed by atoms with Crippen LogP contribution in [0.5, 0.6) is 0 Å². The van der Waals surface area contributed by atoms with Gasteiger partial charge in [-0.25, -0.2) is 0 Å². The van der Waals surface area contributed by atoms with E-state index in [1.807, 2.05) is 0 Å². The number of aryl methyl sites for hydroxylation is 5. The van der Waals surface area contributed by atoms with Crippen LogP contribution in [-0.2, 0) is 40.3 Å². The van der Waals surface area contributed by atoms with Crippen LogP contribution in [0.25, 0.3) is 22.3 Å². The largest absolute Gasteiger partial charge is 0.266 e. The average molecular weight is 718 g/mol. The van der Waals surface area contributed by atoms with Crippen molar-refractivity contribution in [3.63, 3.8) is 0 Å². The van der Waals surface area contributed by atoms with Crippen LogP contribution in [0.1, 0.15) is 137 Å². The first-order chi connectivity index (χ1) is 21.0. The first kappa shape index (κ1) is 39.7. The molecule has 4 aromatic rings. The number of hydrogen-bond donors (Lipinski definition) is 0. The molecule has 0 spiro atoms. The van der Waals surface area contributed by atoms with E-state index < -0.39 is 0 Å². The number of aromatic nitrogens is 4. The molecule has 0 fully saturated rings. The van der Waals surface area contributed by atoms with Crippen LogP contribution in [0, 0.1) is 47.5 Å². The maximum atomic E-state index is 4.97. The standard InChI is InChI=1S/C21H33N2.C20H30N2.Pd/c1-13(2)10-20-21(18(8)22(9)23(20)14(3)4)19-11-15(5)17(7)16(6)12-19;1-8-9-18-19(17-11-15(6)10-16(7)12-17)20(13(2)3)22(21-18)14(4)5;/h11-14H,10H2,1-9H3;10-14H,8-9H2,1-7H3;/q+1;;. The van der Waals surface area contributed by atoms with Crippen molar-refractivity contribution in [1.82, 2.24) is 14.5 Å². The number of benzene rings is 2. The van der Waals surface area contributed by atoms with Crippen molar-refractivity contribution in [2.75, 3.05) is 0 Å². The van der Waals surface area contributed by atoms with Gasteiger partial charge in [-0.05, 0) is 115 Å². The van der Waals surface area contributed by atoms with Gasteiger partial charge in [0.05, 0.1) is 24.0 Å². The quantitative estimate of drug-likeness (QED) is 0.125. The Morgan fingerprint density at radius 2 is 1.26 bits per heavy atom. The Hall–Kier alpha value is -2.48. The molecule has 0 aliphatic carbocycles. The third-order valence-electron chi connectivity index (χ3n) is 9.10. The van der Waals surface area contributed by atoms with E-state index in [4.69, 9.17) is 5.10 Å². The predicted molar refractivity (Wildman–Crippen MR) is 195 cm³/mol. The number of nitrogens with zero attached hydrogens (tertiary/aromatic N) is 4. The second-order valence-corrected chi connectivity index (χ2v) is 14.7. The van der Waals surface area contributed by atoms with Crippen LogP contribution in [0.15, 0.2) is 30.3 Å². The summed E-state index contributed by atoms with van der Waals surface area (Å²) in [6, 6.07) is 12.4. The van der Waals surface area contributed by atoms with Crippen LogP contribution in [0.2, 0.25) is 0 Å². The van der Waals surface area contributed by atoms with Gasteiger partial charge in [0.2, 0.25) is 5.69 Å². The zero-order chi connectivity index (χ0) is 33.9. The van der Waals surface area contributed by atoms with E-state index in [0.717, 1.165) is 19.3 Å². The molecular weight excluding hydrogens is 655 g/mol. The topological polar surface area (TPSA) is 26.6 Å². The second-order valence-electron chi connectivity index (χ2n) is 14.7. The van der Waals surface area contributed by atoms with Gasteiger partial charge in [0, 0.05) is 44.1 Å². The van der Waals surface area contributed by atoms with Crippen LogP contribution >= 0.6 is 0 Å². The van der Waals surface area contributed by atoms with E-state index in [9.17, 15) is 0 Å². The maximum Gasteiger partial charge on any atom is 0.216 e. The van der Waals surface area contributed by atoms with Crippen molar-refractivity contribution in [3.05, 3.63) is 80.9 Å². The Kier molecular flexibility index (Phi) is 14.3. The Labute approximate surface area is 295 Å². The zero-order valence-corrected chi connectivity index (χ0v) is 33.5. The van der Waals surface area contributed by atoms with Gasteiger partial charge in [0.1, 0.15) is 0 Å². The van der Waals surface area contributed by atoms with Gasteiger partial charge in [0.15, 0.2) is 6.04 Å². The third-order valence-corrected chi connectivity index (χ3v) is 9.10. The van der Waals surface area contributed by atoms with E-state index >= 15 is 0 Å². The molecule has 256 valence electrons. The molecule has 0 unspecified atom stereocenters. The minimum absolute atomic E-state index is 0. The van der Waals surface area contributed by atoms with Gasteiger partial charge in [-0.1, -0.05) is 82.5 Å². The average Bonchev–Trinajstić information content (AvgIpc) is 3.42. The van der Waals surface area contributed by atoms with Crippen LogP contribution < -0.4 is 4.68 Å². The van der Waals surface area contributed by atoms with Gasteiger partial charge in [-0.15, -0.1) is 4.68 Å². The Bertz CT molecular complexity index is 1570. The fourth-order valence-corrected chi connectivity index (χ4v) is 6.91. The summed E-state index contributed by atoms with van der Waals surface area (Å²) in [4.78, 5) is 0. The summed E-state index contributed by atoms with van der Waals surface area (Å²) < 4.78 is 7.04. The third kappa shape index (κ3) is 8.70. The molecule has 0 radical (unpaired) electrons. The zero-order valence-electron chi connectivity index (χ0n) is 31.9. The molecule has 5 heteroatoms. The fourth-order valence-electron chi connectivity index (χ4n) is 6.91. The molecule has 0 aliphatic heterocycles. The fraction of sp³-hybridized carbons (Fsp3) is 0.561. The SMILES string of the molecule is CCCc1nn(C(C)C)c(C(C)C)c1-c1cc(C)cc(C)c1.Cc1cc(-c2c(C)n(C)[n+](C(C)C)c2CC(C)C)cc(C)c1C.[Pd]. The van der Waals surface area contributed by atoms with E-state index in [1.165, 1.54) is 72.8 Å². The van der Waals surface area contributed by atoms with Crippen molar-refractivity contribution in [1.29, 1.82) is 0 Å². The molecule has 0 aliphatic rings. The monoisotopic (exact) mass is 717 g/mol. The molecule has 0 saturated carbocycles. The molecule has 2 aromatic carbocycles. The molecule has 2 aromatic heterocycles. The van der Waals surface area contributed by atoms with Crippen LogP contribution in [-0.4, -0.2) is 14.5 Å². The van der Waals surface area contributed by atoms with Gasteiger partial charge in [-0.2, -0.15) is 9.78 Å². The van der Waals surface area contributed by atoms with Crippen molar-refractivity contribution in [2.24, 2.45) is 13.0 Å². The van der Waals surface area contributed by atoms with Crippen LogP contribution in [0.4, 0.5) is 0 Å². The number of rotatable bonds is 9. The molecular formula is C41H63N4Pd+. The first-order valence-corrected chi connectivity index (χ1v) is 17.4. The number of hydrogen-bond acceptors (Lipinski definition) is 1. The van der Waals surface area contributed by atoms with E-state index in [2.05, 4.69) is 155 Å². The summed E-state index contributed by atoms with van der Waals surface area (Å²) in [5, 5.41) is 4.97. The second kappa shape index (κ2) is 16.6. The van der Waals surface area contributed by atoms with E-state index in [-0.39, 0.29) is 20.4 Å². The summed E-state index contributed by atoms with van der Waals surface area (Å²) in [6.45, 7) is 33.7. The Morgan fingerprint density at radius 1 is 0.739 bits per heavy atom. The van der Waals surface area contributed by atoms with Crippen molar-refractivity contribution < 1.29 is 25.1 Å². The molecule has 0 saturated heterocycles. The minimum Gasteiger partial charge on any atom is -0.266 e. The summed E-state index contributed by atoms with van der Waals surface area (Å²) >= 11 is 0. The maximum absolute atomic E-state index is 4.97. The smallest absolute Gasteiger partial charge is 0.216 e. The Balaban J connectivity index is 0.000000314. The van der Waals surface area contributed by atoms with Gasteiger partial charge in [0.25, 0.3) is 0 Å². The summed E-state index contributed by atoms with van der Waals surface area (Å²) in [6.07, 6.45) is 3.29. The molecule has 0 amide bonds. The van der Waals surface area contributed by atoms with Crippen molar-refractivity contribution in [2.45, 2.75) is 141 Å². The van der Waals surface area contributed by atoms with Gasteiger partial charge >= 0.3 is 0 Å². The molecule has 0 bridgehead atoms. The Morgan fingerprint density at radius 3 is 1.70 bits per heavy atom. The van der Waals surface area contributed by atoms with Crippen molar-refractivity contribution in [3.8, 4) is 22.3 Å².